The van der Waals surface area contributed by atoms with E-state index in [-0.39, 0.29) is 30.2 Å². The number of amides is 2. The molecule has 2 aromatic carbocycles. The van der Waals surface area contributed by atoms with E-state index >= 15 is 0 Å². The molecule has 2 rings (SSSR count). The fourth-order valence-corrected chi connectivity index (χ4v) is 2.62. The van der Waals surface area contributed by atoms with Gasteiger partial charge in [-0.15, -0.1) is 13.2 Å². The molecule has 2 aromatic rings. The number of aryl methyl sites for hydroxylation is 1. The number of nitrogens with one attached hydrogen (secondary N) is 2. The fourth-order valence-electron chi connectivity index (χ4n) is 2.62. The van der Waals surface area contributed by atoms with Gasteiger partial charge in [0.2, 0.25) is 11.8 Å². The summed E-state index contributed by atoms with van der Waals surface area (Å²) in [7, 11) is 0. The van der Waals surface area contributed by atoms with Gasteiger partial charge < -0.3 is 15.4 Å². The summed E-state index contributed by atoms with van der Waals surface area (Å²) in [6, 6.07) is 12.4. The molecule has 0 saturated carbocycles. The first kappa shape index (κ1) is 21.3. The quantitative estimate of drug-likeness (QED) is 0.751. The van der Waals surface area contributed by atoms with Crippen molar-refractivity contribution in [2.75, 3.05) is 0 Å². The summed E-state index contributed by atoms with van der Waals surface area (Å²) in [5, 5.41) is 5.29. The van der Waals surface area contributed by atoms with E-state index in [0.29, 0.717) is 0 Å². The number of rotatable bonds is 7. The molecule has 150 valence electrons. The minimum atomic E-state index is -4.82. The molecule has 28 heavy (non-hydrogen) atoms. The summed E-state index contributed by atoms with van der Waals surface area (Å²) >= 11 is 0. The van der Waals surface area contributed by atoms with Crippen molar-refractivity contribution in [3.8, 4) is 5.75 Å². The van der Waals surface area contributed by atoms with Crippen LogP contribution in [0.2, 0.25) is 0 Å². The minimum absolute atomic E-state index is 0.0507. The van der Waals surface area contributed by atoms with Crippen LogP contribution in [0.3, 0.4) is 0 Å². The van der Waals surface area contributed by atoms with Crippen molar-refractivity contribution in [1.82, 2.24) is 10.6 Å². The summed E-state index contributed by atoms with van der Waals surface area (Å²) in [6.45, 7) is 3.14. The molecule has 0 fully saturated rings. The van der Waals surface area contributed by atoms with Crippen molar-refractivity contribution >= 4 is 11.8 Å². The van der Waals surface area contributed by atoms with Crippen LogP contribution in [0.15, 0.2) is 48.5 Å². The van der Waals surface area contributed by atoms with Gasteiger partial charge >= 0.3 is 6.36 Å². The van der Waals surface area contributed by atoms with Crippen LogP contribution in [-0.4, -0.2) is 18.2 Å². The van der Waals surface area contributed by atoms with Gasteiger partial charge in [0, 0.05) is 19.0 Å². The first-order valence-corrected chi connectivity index (χ1v) is 8.58. The number of carbonyl (C=O) groups is 2. The third-order valence-electron chi connectivity index (χ3n) is 3.92. The standard InChI is InChI=1S/C20H21F3N2O3/c1-13-7-9-15(10-8-13)17(25-14(2)26)11-19(27)24-12-16-5-3-4-6-18(16)28-20(21,22)23/h3-10,17H,11-12H2,1-2H3,(H,24,27)(H,25,26). The molecule has 0 aromatic heterocycles. The van der Waals surface area contributed by atoms with E-state index in [1.54, 1.807) is 6.07 Å². The van der Waals surface area contributed by atoms with Gasteiger partial charge in [-0.05, 0) is 18.6 Å². The second-order valence-electron chi connectivity index (χ2n) is 6.30. The topological polar surface area (TPSA) is 67.4 Å². The Morgan fingerprint density at radius 3 is 2.32 bits per heavy atom. The number of benzene rings is 2. The molecule has 5 nitrogen and oxygen atoms in total. The molecule has 0 bridgehead atoms. The van der Waals surface area contributed by atoms with Gasteiger partial charge in [-0.2, -0.15) is 0 Å². The summed E-state index contributed by atoms with van der Waals surface area (Å²) in [4.78, 5) is 23.8. The lowest BCUT2D eigenvalue weighted by atomic mass is 10.0. The maximum Gasteiger partial charge on any atom is 0.573 e. The molecule has 0 aliphatic rings. The normalized spacial score (nSPS) is 12.2. The van der Waals surface area contributed by atoms with E-state index < -0.39 is 18.3 Å². The Hall–Kier alpha value is -3.03. The van der Waals surface area contributed by atoms with Crippen LogP contribution >= 0.6 is 0 Å². The third kappa shape index (κ3) is 6.94. The zero-order valence-electron chi connectivity index (χ0n) is 15.5. The molecular formula is C20H21F3N2O3. The van der Waals surface area contributed by atoms with E-state index in [1.165, 1.54) is 25.1 Å². The lowest BCUT2D eigenvalue weighted by molar-refractivity contribution is -0.274. The van der Waals surface area contributed by atoms with Crippen LogP contribution < -0.4 is 15.4 Å². The molecular weight excluding hydrogens is 373 g/mol. The SMILES string of the molecule is CC(=O)NC(CC(=O)NCc1ccccc1OC(F)(F)F)c1ccc(C)cc1. The highest BCUT2D eigenvalue weighted by atomic mass is 19.4. The van der Waals surface area contributed by atoms with E-state index in [0.717, 1.165) is 11.1 Å². The molecule has 8 heteroatoms. The molecule has 2 amide bonds. The largest absolute Gasteiger partial charge is 0.573 e. The predicted octanol–water partition coefficient (Wildman–Crippen LogP) is 3.78. The van der Waals surface area contributed by atoms with Crippen LogP contribution in [-0.2, 0) is 16.1 Å². The highest BCUT2D eigenvalue weighted by molar-refractivity contribution is 5.79. The van der Waals surface area contributed by atoms with Crippen molar-refractivity contribution in [3.05, 3.63) is 65.2 Å². The van der Waals surface area contributed by atoms with Gasteiger partial charge in [0.25, 0.3) is 0 Å². The Kier molecular flexibility index (Phi) is 7.03. The number of halogens is 3. The van der Waals surface area contributed by atoms with Crippen LogP contribution in [0.5, 0.6) is 5.75 Å². The second kappa shape index (κ2) is 9.25. The number of ether oxygens (including phenoxy) is 1. The maximum atomic E-state index is 12.5. The van der Waals surface area contributed by atoms with Gasteiger partial charge in [-0.1, -0.05) is 48.0 Å². The average molecular weight is 394 g/mol. The Labute approximate surface area is 160 Å². The maximum absolute atomic E-state index is 12.5. The van der Waals surface area contributed by atoms with Crippen molar-refractivity contribution in [2.45, 2.75) is 39.2 Å². The summed E-state index contributed by atoms with van der Waals surface area (Å²) in [5.41, 5.74) is 1.99. The zero-order chi connectivity index (χ0) is 20.7. The van der Waals surface area contributed by atoms with Crippen molar-refractivity contribution in [1.29, 1.82) is 0 Å². The number of hydrogen-bond donors (Lipinski definition) is 2. The number of alkyl halides is 3. The van der Waals surface area contributed by atoms with Crippen molar-refractivity contribution in [3.63, 3.8) is 0 Å². The molecule has 0 saturated heterocycles. The van der Waals surface area contributed by atoms with E-state index in [1.807, 2.05) is 31.2 Å². The summed E-state index contributed by atoms with van der Waals surface area (Å²) in [5.74, 6) is -1.07. The lowest BCUT2D eigenvalue weighted by Gasteiger charge is -2.19. The zero-order valence-corrected chi connectivity index (χ0v) is 15.5. The van der Waals surface area contributed by atoms with Gasteiger partial charge in [-0.3, -0.25) is 9.59 Å². The molecule has 0 aliphatic carbocycles. The van der Waals surface area contributed by atoms with Gasteiger partial charge in [-0.25, -0.2) is 0 Å². The predicted molar refractivity (Wildman–Crippen MR) is 97.3 cm³/mol. The fraction of sp³-hybridized carbons (Fsp3) is 0.300. The molecule has 2 N–H and O–H groups in total. The van der Waals surface area contributed by atoms with Gasteiger partial charge in [0.15, 0.2) is 0 Å². The van der Waals surface area contributed by atoms with E-state index in [2.05, 4.69) is 15.4 Å². The Balaban J connectivity index is 2.03. The molecule has 0 spiro atoms. The van der Waals surface area contributed by atoms with E-state index in [9.17, 15) is 22.8 Å². The molecule has 0 heterocycles. The molecule has 1 atom stereocenters. The van der Waals surface area contributed by atoms with Crippen molar-refractivity contribution in [2.24, 2.45) is 0 Å². The third-order valence-corrected chi connectivity index (χ3v) is 3.92. The first-order chi connectivity index (χ1) is 13.1. The molecule has 0 radical (unpaired) electrons. The smallest absolute Gasteiger partial charge is 0.405 e. The van der Waals surface area contributed by atoms with Crippen LogP contribution in [0.4, 0.5) is 13.2 Å². The minimum Gasteiger partial charge on any atom is -0.405 e. The Morgan fingerprint density at radius 1 is 1.07 bits per heavy atom. The molecule has 0 aliphatic heterocycles. The lowest BCUT2D eigenvalue weighted by Crippen LogP contribution is -2.32. The Bertz CT molecular complexity index is 820. The Morgan fingerprint density at radius 2 is 1.71 bits per heavy atom. The number of para-hydroxylation sites is 1. The summed E-state index contributed by atoms with van der Waals surface area (Å²) < 4.78 is 41.4. The average Bonchev–Trinajstić information content (AvgIpc) is 2.59. The van der Waals surface area contributed by atoms with Crippen molar-refractivity contribution < 1.29 is 27.5 Å². The van der Waals surface area contributed by atoms with Crippen LogP contribution in [0, 0.1) is 6.92 Å². The van der Waals surface area contributed by atoms with Gasteiger partial charge in [0.05, 0.1) is 12.5 Å². The summed E-state index contributed by atoms with van der Waals surface area (Å²) in [6.07, 6.45) is -4.87. The van der Waals surface area contributed by atoms with Crippen LogP contribution in [0.1, 0.15) is 36.1 Å². The van der Waals surface area contributed by atoms with E-state index in [4.69, 9.17) is 0 Å². The van der Waals surface area contributed by atoms with Gasteiger partial charge in [0.1, 0.15) is 5.75 Å². The van der Waals surface area contributed by atoms with Crippen LogP contribution in [0.25, 0.3) is 0 Å². The second-order valence-corrected chi connectivity index (χ2v) is 6.30. The highest BCUT2D eigenvalue weighted by Gasteiger charge is 2.32. The first-order valence-electron chi connectivity index (χ1n) is 8.58. The monoisotopic (exact) mass is 394 g/mol. The number of carbonyl (C=O) groups excluding carboxylic acids is 2. The molecule has 1 unspecified atom stereocenters. The number of hydrogen-bond acceptors (Lipinski definition) is 3. The highest BCUT2D eigenvalue weighted by Crippen LogP contribution is 2.26.